The third kappa shape index (κ3) is 2.14. The van der Waals surface area contributed by atoms with Crippen LogP contribution in [-0.4, -0.2) is 18.7 Å². The maximum atomic E-state index is 6.38. The van der Waals surface area contributed by atoms with Crippen LogP contribution in [0.5, 0.6) is 0 Å². The second-order valence-corrected chi connectivity index (χ2v) is 8.45. The number of rotatable bonds is 1. The Kier molecular flexibility index (Phi) is 3.38. The highest BCUT2D eigenvalue weighted by molar-refractivity contribution is 7.16. The molecule has 4 rings (SSSR count). The van der Waals surface area contributed by atoms with E-state index in [1.807, 2.05) is 0 Å². The zero-order chi connectivity index (χ0) is 13.7. The highest BCUT2D eigenvalue weighted by atomic mass is 35.5. The topological polar surface area (TPSA) is 21.3 Å². The first-order valence-electron chi connectivity index (χ1n) is 7.85. The Morgan fingerprint density at radius 1 is 1.40 bits per heavy atom. The minimum absolute atomic E-state index is 0.0592. The van der Waals surface area contributed by atoms with Crippen LogP contribution in [0, 0.1) is 5.92 Å². The minimum Gasteiger partial charge on any atom is -0.369 e. The van der Waals surface area contributed by atoms with E-state index in [1.54, 1.807) is 11.3 Å². The molecule has 0 aromatic carbocycles. The van der Waals surface area contributed by atoms with Crippen molar-refractivity contribution in [3.05, 3.63) is 20.8 Å². The molecule has 1 N–H and O–H groups in total. The van der Waals surface area contributed by atoms with Crippen molar-refractivity contribution < 1.29 is 4.74 Å². The van der Waals surface area contributed by atoms with Gasteiger partial charge >= 0.3 is 0 Å². The van der Waals surface area contributed by atoms with Gasteiger partial charge in [0.05, 0.1) is 10.9 Å². The van der Waals surface area contributed by atoms with E-state index in [0.717, 1.165) is 36.1 Å². The van der Waals surface area contributed by atoms with Crippen LogP contribution < -0.4 is 5.32 Å². The molecule has 1 saturated heterocycles. The summed E-state index contributed by atoms with van der Waals surface area (Å²) in [4.78, 5) is 1.42. The highest BCUT2D eigenvalue weighted by Crippen LogP contribution is 2.49. The number of thiophene rings is 1. The molecule has 1 aromatic rings. The fourth-order valence-electron chi connectivity index (χ4n) is 4.25. The van der Waals surface area contributed by atoms with Gasteiger partial charge in [-0.2, -0.15) is 0 Å². The van der Waals surface area contributed by atoms with Gasteiger partial charge in [0.2, 0.25) is 0 Å². The Bertz CT molecular complexity index is 513. The lowest BCUT2D eigenvalue weighted by Gasteiger charge is -2.49. The van der Waals surface area contributed by atoms with E-state index >= 15 is 0 Å². The number of piperidine rings is 1. The first kappa shape index (κ1) is 13.6. The fourth-order valence-corrected chi connectivity index (χ4v) is 5.72. The molecule has 2 nitrogen and oxygen atoms in total. The second kappa shape index (κ2) is 4.98. The van der Waals surface area contributed by atoms with Crippen molar-refractivity contribution in [1.82, 2.24) is 5.32 Å². The van der Waals surface area contributed by atoms with Gasteiger partial charge in [0.1, 0.15) is 5.60 Å². The van der Waals surface area contributed by atoms with Crippen LogP contribution in [0.4, 0.5) is 0 Å². The Labute approximate surface area is 129 Å². The predicted octanol–water partition coefficient (Wildman–Crippen LogP) is 4.11. The molecule has 0 amide bonds. The highest BCUT2D eigenvalue weighted by Gasteiger charge is 2.47. The maximum Gasteiger partial charge on any atom is 0.106 e. The van der Waals surface area contributed by atoms with Gasteiger partial charge in [-0.15, -0.1) is 11.3 Å². The van der Waals surface area contributed by atoms with Gasteiger partial charge in [-0.3, -0.25) is 0 Å². The first-order valence-corrected chi connectivity index (χ1v) is 9.04. The normalized spacial score (nSPS) is 37.7. The van der Waals surface area contributed by atoms with Gasteiger partial charge in [0.25, 0.3) is 0 Å². The van der Waals surface area contributed by atoms with Crippen molar-refractivity contribution in [2.24, 2.45) is 5.92 Å². The molecule has 3 aliphatic rings. The molecule has 4 heteroatoms. The quantitative estimate of drug-likeness (QED) is 0.842. The third-order valence-electron chi connectivity index (χ3n) is 5.35. The molecule has 3 heterocycles. The summed E-state index contributed by atoms with van der Waals surface area (Å²) >= 11 is 8.02. The van der Waals surface area contributed by atoms with Crippen molar-refractivity contribution in [2.45, 2.75) is 63.1 Å². The molecule has 1 aliphatic carbocycles. The van der Waals surface area contributed by atoms with Crippen molar-refractivity contribution >= 4 is 22.9 Å². The summed E-state index contributed by atoms with van der Waals surface area (Å²) in [5.74, 6) is 0.860. The zero-order valence-electron chi connectivity index (χ0n) is 12.0. The fraction of sp³-hybridized carbons (Fsp3) is 0.750. The SMILES string of the molecule is CC1CC2(CC(C3CCC3)N1)OCCc1cc(Cl)sc12. The zero-order valence-corrected chi connectivity index (χ0v) is 13.5. The van der Waals surface area contributed by atoms with Crippen molar-refractivity contribution in [2.75, 3.05) is 6.61 Å². The van der Waals surface area contributed by atoms with Crippen LogP contribution in [0.25, 0.3) is 0 Å². The van der Waals surface area contributed by atoms with Crippen LogP contribution in [-0.2, 0) is 16.8 Å². The average molecular weight is 312 g/mol. The maximum absolute atomic E-state index is 6.38. The van der Waals surface area contributed by atoms with Crippen LogP contribution in [0.2, 0.25) is 4.34 Å². The van der Waals surface area contributed by atoms with Gasteiger partial charge in [-0.25, -0.2) is 0 Å². The molecule has 0 radical (unpaired) electrons. The largest absolute Gasteiger partial charge is 0.369 e. The minimum atomic E-state index is -0.0592. The number of nitrogens with one attached hydrogen (secondary N) is 1. The molecule has 0 bridgehead atoms. The average Bonchev–Trinajstić information content (AvgIpc) is 2.68. The van der Waals surface area contributed by atoms with Gasteiger partial charge in [0, 0.05) is 17.0 Å². The number of halogens is 1. The molecule has 1 saturated carbocycles. The Morgan fingerprint density at radius 2 is 2.25 bits per heavy atom. The lowest BCUT2D eigenvalue weighted by Crippen LogP contribution is -2.56. The number of ether oxygens (including phenoxy) is 1. The van der Waals surface area contributed by atoms with E-state index in [-0.39, 0.29) is 5.60 Å². The van der Waals surface area contributed by atoms with Gasteiger partial charge in [-0.1, -0.05) is 18.0 Å². The lowest BCUT2D eigenvalue weighted by molar-refractivity contribution is -0.103. The molecule has 3 atom stereocenters. The number of fused-ring (bicyclic) bond motifs is 2. The summed E-state index contributed by atoms with van der Waals surface area (Å²) in [6, 6.07) is 3.32. The predicted molar refractivity (Wildman–Crippen MR) is 83.6 cm³/mol. The summed E-state index contributed by atoms with van der Waals surface area (Å²) in [6.07, 6.45) is 7.42. The van der Waals surface area contributed by atoms with Crippen LogP contribution in [0.15, 0.2) is 6.07 Å². The first-order chi connectivity index (χ1) is 9.66. The molecule has 2 fully saturated rings. The molecular weight excluding hydrogens is 290 g/mol. The molecule has 1 spiro atoms. The van der Waals surface area contributed by atoms with Crippen LogP contribution >= 0.6 is 22.9 Å². The van der Waals surface area contributed by atoms with Crippen molar-refractivity contribution in [3.63, 3.8) is 0 Å². The van der Waals surface area contributed by atoms with E-state index < -0.39 is 0 Å². The monoisotopic (exact) mass is 311 g/mol. The Balaban J connectivity index is 1.68. The third-order valence-corrected chi connectivity index (χ3v) is 6.84. The van der Waals surface area contributed by atoms with E-state index in [0.29, 0.717) is 12.1 Å². The van der Waals surface area contributed by atoms with Gasteiger partial charge in [-0.05, 0) is 56.6 Å². The summed E-state index contributed by atoms with van der Waals surface area (Å²) < 4.78 is 7.30. The Morgan fingerprint density at radius 3 is 3.00 bits per heavy atom. The molecule has 20 heavy (non-hydrogen) atoms. The molecule has 3 unspecified atom stereocenters. The van der Waals surface area contributed by atoms with E-state index in [2.05, 4.69) is 18.3 Å². The van der Waals surface area contributed by atoms with Crippen LogP contribution in [0.3, 0.4) is 0 Å². The molecule has 1 aromatic heterocycles. The summed E-state index contributed by atoms with van der Waals surface area (Å²) in [5.41, 5.74) is 1.38. The summed E-state index contributed by atoms with van der Waals surface area (Å²) in [5, 5.41) is 3.82. The van der Waals surface area contributed by atoms with Gasteiger partial charge < -0.3 is 10.1 Å². The second-order valence-electron chi connectivity index (χ2n) is 6.77. The number of hydrogen-bond acceptors (Lipinski definition) is 3. The summed E-state index contributed by atoms with van der Waals surface area (Å²) in [6.45, 7) is 3.16. The van der Waals surface area contributed by atoms with Crippen LogP contribution in [0.1, 0.15) is 49.5 Å². The standard InChI is InChI=1S/C16H22ClNOS/c1-10-8-16(9-13(18-10)11-3-2-4-11)15-12(5-6-19-16)7-14(17)20-15/h7,10-11,13,18H,2-6,8-9H2,1H3. The van der Waals surface area contributed by atoms with Crippen molar-refractivity contribution in [3.8, 4) is 0 Å². The summed E-state index contributed by atoms with van der Waals surface area (Å²) in [7, 11) is 0. The Hall–Kier alpha value is -0.0900. The van der Waals surface area contributed by atoms with E-state index in [1.165, 1.54) is 29.7 Å². The van der Waals surface area contributed by atoms with Crippen molar-refractivity contribution in [1.29, 1.82) is 0 Å². The van der Waals surface area contributed by atoms with Gasteiger partial charge in [0.15, 0.2) is 0 Å². The number of hydrogen-bond donors (Lipinski definition) is 1. The van der Waals surface area contributed by atoms with E-state index in [4.69, 9.17) is 16.3 Å². The smallest absolute Gasteiger partial charge is 0.106 e. The molecule has 110 valence electrons. The molecular formula is C16H22ClNOS. The lowest BCUT2D eigenvalue weighted by atomic mass is 9.71. The molecule has 2 aliphatic heterocycles. The van der Waals surface area contributed by atoms with E-state index in [9.17, 15) is 0 Å².